The number of likely N-dealkylation sites (tertiary alicyclic amines) is 2. The number of piperidine rings is 1. The van der Waals surface area contributed by atoms with E-state index in [1.165, 1.54) is 29.7 Å². The van der Waals surface area contributed by atoms with Crippen LogP contribution in [-0.4, -0.2) is 46.2 Å². The van der Waals surface area contributed by atoms with Crippen LogP contribution >= 0.6 is 11.3 Å². The number of anilines is 1. The molecule has 0 spiro atoms. The van der Waals surface area contributed by atoms with Gasteiger partial charge in [-0.25, -0.2) is 4.98 Å². The number of thiazole rings is 1. The molecule has 2 aliphatic heterocycles. The molecule has 1 aromatic heterocycles. The zero-order chi connectivity index (χ0) is 21.1. The molecule has 0 saturated carbocycles. The lowest BCUT2D eigenvalue weighted by molar-refractivity contribution is -0.128. The number of rotatable bonds is 6. The molecule has 0 bridgehead atoms. The molecule has 160 valence electrons. The lowest BCUT2D eigenvalue weighted by atomic mass is 9.99. The number of carbonyl (C=O) groups is 2. The number of hydrogen-bond donors (Lipinski definition) is 1. The minimum absolute atomic E-state index is 0.0369. The highest BCUT2D eigenvalue weighted by atomic mass is 32.1. The van der Waals surface area contributed by atoms with Gasteiger partial charge in [0.05, 0.1) is 11.6 Å². The van der Waals surface area contributed by atoms with Crippen molar-refractivity contribution in [3.63, 3.8) is 0 Å². The summed E-state index contributed by atoms with van der Waals surface area (Å²) in [5.41, 5.74) is 3.29. The van der Waals surface area contributed by atoms with E-state index in [4.69, 9.17) is 0 Å². The van der Waals surface area contributed by atoms with Gasteiger partial charge in [-0.15, -0.1) is 11.3 Å². The molecule has 1 N–H and O–H groups in total. The number of hydrogen-bond acceptors (Lipinski definition) is 5. The van der Waals surface area contributed by atoms with E-state index in [0.717, 1.165) is 36.8 Å². The smallest absolute Gasteiger partial charge is 0.231 e. The first-order valence-electron chi connectivity index (χ1n) is 10.8. The first-order valence-corrected chi connectivity index (χ1v) is 11.6. The van der Waals surface area contributed by atoms with E-state index in [0.29, 0.717) is 18.2 Å². The van der Waals surface area contributed by atoms with Crippen LogP contribution in [0.1, 0.15) is 43.0 Å². The molecule has 1 unspecified atom stereocenters. The number of carbonyl (C=O) groups excluding carboxylic acids is 2. The Labute approximate surface area is 182 Å². The lowest BCUT2D eigenvalue weighted by Crippen LogP contribution is -2.32. The Bertz CT molecular complexity index is 887. The van der Waals surface area contributed by atoms with Gasteiger partial charge in [-0.05, 0) is 44.3 Å². The number of aryl methyl sites for hydroxylation is 1. The van der Waals surface area contributed by atoms with Crippen molar-refractivity contribution in [2.75, 3.05) is 25.0 Å². The van der Waals surface area contributed by atoms with Crippen molar-refractivity contribution in [1.82, 2.24) is 14.8 Å². The van der Waals surface area contributed by atoms with Crippen LogP contribution in [0, 0.1) is 18.8 Å². The third-order valence-corrected chi connectivity index (χ3v) is 6.93. The van der Waals surface area contributed by atoms with Crippen LogP contribution in [0.25, 0.3) is 0 Å². The third-order valence-electron chi connectivity index (χ3n) is 6.12. The van der Waals surface area contributed by atoms with Crippen LogP contribution in [0.2, 0.25) is 0 Å². The first-order chi connectivity index (χ1) is 14.5. The van der Waals surface area contributed by atoms with Crippen molar-refractivity contribution in [2.45, 2.75) is 46.2 Å². The van der Waals surface area contributed by atoms with Crippen molar-refractivity contribution >= 4 is 28.3 Å². The van der Waals surface area contributed by atoms with E-state index in [1.807, 2.05) is 36.6 Å². The highest BCUT2D eigenvalue weighted by molar-refractivity contribution is 7.13. The van der Waals surface area contributed by atoms with E-state index < -0.39 is 0 Å². The second kappa shape index (κ2) is 9.27. The second-order valence-corrected chi connectivity index (χ2v) is 9.61. The molecule has 0 radical (unpaired) electrons. The minimum atomic E-state index is -0.320. The van der Waals surface area contributed by atoms with E-state index in [2.05, 4.69) is 22.1 Å². The van der Waals surface area contributed by atoms with E-state index >= 15 is 0 Å². The Balaban J connectivity index is 1.28. The fourth-order valence-corrected chi connectivity index (χ4v) is 4.81. The topological polar surface area (TPSA) is 65.5 Å². The van der Waals surface area contributed by atoms with Gasteiger partial charge in [0.1, 0.15) is 0 Å². The maximum Gasteiger partial charge on any atom is 0.231 e. The van der Waals surface area contributed by atoms with Gasteiger partial charge in [0.15, 0.2) is 5.13 Å². The monoisotopic (exact) mass is 426 g/mol. The quantitative estimate of drug-likeness (QED) is 0.765. The summed E-state index contributed by atoms with van der Waals surface area (Å²) in [5.74, 6) is 0.419. The molecular formula is C23H30N4O2S. The number of benzene rings is 1. The summed E-state index contributed by atoms with van der Waals surface area (Å²) in [6.45, 7) is 8.43. The van der Waals surface area contributed by atoms with Crippen LogP contribution in [0.4, 0.5) is 5.13 Å². The van der Waals surface area contributed by atoms with Crippen molar-refractivity contribution in [3.8, 4) is 0 Å². The van der Waals surface area contributed by atoms with E-state index in [1.54, 1.807) is 4.90 Å². The molecule has 4 rings (SSSR count). The van der Waals surface area contributed by atoms with Crippen LogP contribution in [-0.2, 0) is 22.7 Å². The Kier molecular flexibility index (Phi) is 6.49. The standard InChI is InChI=1S/C23H30N4O2S/c1-16-3-5-18(6-4-16)12-27-13-19(11-21(27)28)22(29)25-23-24-20(15-30-23)14-26-9-7-17(2)8-10-26/h3-6,15,17,19H,7-14H2,1-2H3,(H,24,25,29). The molecule has 3 heterocycles. The Morgan fingerprint density at radius 2 is 1.93 bits per heavy atom. The highest BCUT2D eigenvalue weighted by Crippen LogP contribution is 2.24. The summed E-state index contributed by atoms with van der Waals surface area (Å²) in [6, 6.07) is 8.17. The first kappa shape index (κ1) is 21.0. The maximum atomic E-state index is 12.7. The molecule has 2 aliphatic rings. The summed E-state index contributed by atoms with van der Waals surface area (Å²) in [4.78, 5) is 33.9. The molecule has 6 nitrogen and oxygen atoms in total. The van der Waals surface area contributed by atoms with Gasteiger partial charge in [0.2, 0.25) is 11.8 Å². The minimum Gasteiger partial charge on any atom is -0.338 e. The average Bonchev–Trinajstić information content (AvgIpc) is 3.32. The van der Waals surface area contributed by atoms with Crippen molar-refractivity contribution < 1.29 is 9.59 Å². The fraction of sp³-hybridized carbons (Fsp3) is 0.522. The van der Waals surface area contributed by atoms with Gasteiger partial charge < -0.3 is 10.2 Å². The molecule has 2 saturated heterocycles. The summed E-state index contributed by atoms with van der Waals surface area (Å²) in [5, 5.41) is 5.59. The number of nitrogens with zero attached hydrogens (tertiary/aromatic N) is 3. The van der Waals surface area contributed by atoms with Crippen LogP contribution in [0.3, 0.4) is 0 Å². The van der Waals surface area contributed by atoms with Gasteiger partial charge in [-0.3, -0.25) is 14.5 Å². The Morgan fingerprint density at radius 3 is 2.67 bits per heavy atom. The van der Waals surface area contributed by atoms with Crippen LogP contribution in [0.5, 0.6) is 0 Å². The van der Waals surface area contributed by atoms with Crippen molar-refractivity contribution in [2.24, 2.45) is 11.8 Å². The van der Waals surface area contributed by atoms with Gasteiger partial charge in [0.25, 0.3) is 0 Å². The maximum absolute atomic E-state index is 12.7. The summed E-state index contributed by atoms with van der Waals surface area (Å²) >= 11 is 1.46. The van der Waals surface area contributed by atoms with Crippen LogP contribution in [0.15, 0.2) is 29.6 Å². The summed E-state index contributed by atoms with van der Waals surface area (Å²) < 4.78 is 0. The number of nitrogens with one attached hydrogen (secondary N) is 1. The van der Waals surface area contributed by atoms with Gasteiger partial charge in [-0.1, -0.05) is 36.8 Å². The molecule has 2 aromatic rings. The van der Waals surface area contributed by atoms with Crippen molar-refractivity contribution in [1.29, 1.82) is 0 Å². The zero-order valence-electron chi connectivity index (χ0n) is 17.8. The predicted octanol–water partition coefficient (Wildman–Crippen LogP) is 3.67. The normalized spacial score (nSPS) is 20.7. The molecule has 1 atom stereocenters. The third kappa shape index (κ3) is 5.26. The van der Waals surface area contributed by atoms with E-state index in [9.17, 15) is 9.59 Å². The molecule has 2 fully saturated rings. The average molecular weight is 427 g/mol. The SMILES string of the molecule is Cc1ccc(CN2CC(C(=O)Nc3nc(CN4CCC(C)CC4)cs3)CC2=O)cc1. The molecule has 0 aliphatic carbocycles. The number of amides is 2. The van der Waals surface area contributed by atoms with Crippen molar-refractivity contribution in [3.05, 3.63) is 46.5 Å². The number of aromatic nitrogens is 1. The highest BCUT2D eigenvalue weighted by Gasteiger charge is 2.34. The second-order valence-electron chi connectivity index (χ2n) is 8.75. The lowest BCUT2D eigenvalue weighted by Gasteiger charge is -2.29. The molecule has 30 heavy (non-hydrogen) atoms. The Morgan fingerprint density at radius 1 is 1.20 bits per heavy atom. The molecule has 2 amide bonds. The Hall–Kier alpha value is -2.25. The fourth-order valence-electron chi connectivity index (χ4n) is 4.11. The predicted molar refractivity (Wildman–Crippen MR) is 119 cm³/mol. The zero-order valence-corrected chi connectivity index (χ0v) is 18.6. The van der Waals surface area contributed by atoms with Gasteiger partial charge in [-0.2, -0.15) is 0 Å². The summed E-state index contributed by atoms with van der Waals surface area (Å²) in [7, 11) is 0. The van der Waals surface area contributed by atoms with Gasteiger partial charge in [0, 0.05) is 31.4 Å². The summed E-state index contributed by atoms with van der Waals surface area (Å²) in [6.07, 6.45) is 2.74. The van der Waals surface area contributed by atoms with Crippen LogP contribution < -0.4 is 5.32 Å². The molecule has 7 heteroatoms. The molecule has 1 aromatic carbocycles. The van der Waals surface area contributed by atoms with E-state index in [-0.39, 0.29) is 24.2 Å². The molecular weight excluding hydrogens is 396 g/mol. The largest absolute Gasteiger partial charge is 0.338 e. The van der Waals surface area contributed by atoms with Gasteiger partial charge >= 0.3 is 0 Å².